The summed E-state index contributed by atoms with van der Waals surface area (Å²) in [5.74, 6) is 0.571. The Labute approximate surface area is 191 Å². The van der Waals surface area contributed by atoms with E-state index in [1.807, 2.05) is 42.2 Å². The highest BCUT2D eigenvalue weighted by Gasteiger charge is 2.22. The number of carbonyl (C=O) groups is 2. The number of carbonyl (C=O) groups excluding carboxylic acids is 2. The van der Waals surface area contributed by atoms with Crippen LogP contribution < -0.4 is 0 Å². The zero-order valence-electron chi connectivity index (χ0n) is 18.4. The number of furan rings is 1. The van der Waals surface area contributed by atoms with Crippen LogP contribution in [-0.4, -0.2) is 59.9 Å². The Morgan fingerprint density at radius 2 is 1.91 bits per heavy atom. The van der Waals surface area contributed by atoms with Gasteiger partial charge in [-0.25, -0.2) is 9.78 Å². The lowest BCUT2D eigenvalue weighted by Gasteiger charge is -2.21. The molecule has 3 heterocycles. The van der Waals surface area contributed by atoms with Crippen molar-refractivity contribution in [2.24, 2.45) is 0 Å². The van der Waals surface area contributed by atoms with Crippen molar-refractivity contribution in [2.75, 3.05) is 33.3 Å². The highest BCUT2D eigenvalue weighted by atomic mass is 32.1. The van der Waals surface area contributed by atoms with Crippen LogP contribution in [0.15, 0.2) is 46.9 Å². The number of nitrogens with zero attached hydrogens (tertiary/aromatic N) is 3. The second-order valence-corrected chi connectivity index (χ2v) is 9.04. The molecule has 1 saturated heterocycles. The van der Waals surface area contributed by atoms with Gasteiger partial charge in [-0.2, -0.15) is 0 Å². The number of hydrogen-bond acceptors (Lipinski definition) is 7. The Hall–Kier alpha value is -2.97. The molecule has 0 unspecified atom stereocenters. The molecule has 3 aromatic rings. The Bertz CT molecular complexity index is 1080. The van der Waals surface area contributed by atoms with Gasteiger partial charge in [0.05, 0.1) is 25.8 Å². The highest BCUT2D eigenvalue weighted by Crippen LogP contribution is 2.28. The number of benzene rings is 1. The summed E-state index contributed by atoms with van der Waals surface area (Å²) in [7, 11) is 1.33. The summed E-state index contributed by atoms with van der Waals surface area (Å²) in [4.78, 5) is 34.6. The van der Waals surface area contributed by atoms with Gasteiger partial charge in [0, 0.05) is 36.6 Å². The first-order valence-corrected chi connectivity index (χ1v) is 11.5. The minimum Gasteiger partial charge on any atom is -0.463 e. The van der Waals surface area contributed by atoms with Crippen LogP contribution >= 0.6 is 11.3 Å². The van der Waals surface area contributed by atoms with Gasteiger partial charge in [-0.1, -0.05) is 30.3 Å². The first-order valence-electron chi connectivity index (χ1n) is 10.7. The van der Waals surface area contributed by atoms with E-state index in [0.717, 1.165) is 53.0 Å². The molecule has 1 aliphatic heterocycles. The monoisotopic (exact) mass is 453 g/mol. The summed E-state index contributed by atoms with van der Waals surface area (Å²) in [5.41, 5.74) is 1.95. The lowest BCUT2D eigenvalue weighted by molar-refractivity contribution is -0.130. The molecule has 7 nitrogen and oxygen atoms in total. The number of amides is 1. The molecule has 1 aromatic carbocycles. The molecule has 0 saturated carbocycles. The lowest BCUT2D eigenvalue weighted by Crippen LogP contribution is -2.36. The fourth-order valence-electron chi connectivity index (χ4n) is 3.82. The molecule has 1 amide bonds. The third kappa shape index (κ3) is 5.26. The number of aryl methyl sites for hydroxylation is 1. The average molecular weight is 454 g/mol. The first-order chi connectivity index (χ1) is 15.5. The number of esters is 1. The molecule has 0 bridgehead atoms. The summed E-state index contributed by atoms with van der Waals surface area (Å²) >= 11 is 1.63. The van der Waals surface area contributed by atoms with Crippen LogP contribution in [0.25, 0.3) is 10.6 Å². The maximum Gasteiger partial charge on any atom is 0.373 e. The van der Waals surface area contributed by atoms with Crippen LogP contribution in [0.3, 0.4) is 0 Å². The maximum absolute atomic E-state index is 13.0. The molecular weight excluding hydrogens is 426 g/mol. The average Bonchev–Trinajstić information content (AvgIpc) is 3.34. The molecule has 168 valence electrons. The molecule has 0 N–H and O–H groups in total. The van der Waals surface area contributed by atoms with Crippen LogP contribution in [0.4, 0.5) is 0 Å². The van der Waals surface area contributed by atoms with E-state index >= 15 is 0 Å². The summed E-state index contributed by atoms with van der Waals surface area (Å²) in [5, 5.41) is 0.956. The highest BCUT2D eigenvalue weighted by molar-refractivity contribution is 7.15. The molecule has 1 fully saturated rings. The van der Waals surface area contributed by atoms with E-state index in [4.69, 9.17) is 9.40 Å². The molecule has 32 heavy (non-hydrogen) atoms. The summed E-state index contributed by atoms with van der Waals surface area (Å²) in [6, 6.07) is 13.5. The number of methoxy groups -OCH3 is 1. The molecule has 0 atom stereocenters. The van der Waals surface area contributed by atoms with Crippen LogP contribution in [0, 0.1) is 6.92 Å². The van der Waals surface area contributed by atoms with Gasteiger partial charge in [-0.15, -0.1) is 11.3 Å². The lowest BCUT2D eigenvalue weighted by atomic mass is 10.2. The Kier molecular flexibility index (Phi) is 7.02. The van der Waals surface area contributed by atoms with Gasteiger partial charge < -0.3 is 14.1 Å². The number of rotatable bonds is 6. The Morgan fingerprint density at radius 3 is 2.69 bits per heavy atom. The smallest absolute Gasteiger partial charge is 0.373 e. The van der Waals surface area contributed by atoms with E-state index in [2.05, 4.69) is 9.64 Å². The molecular formula is C24H27N3O4S. The first kappa shape index (κ1) is 22.2. The van der Waals surface area contributed by atoms with Gasteiger partial charge in [0.25, 0.3) is 0 Å². The van der Waals surface area contributed by atoms with E-state index in [9.17, 15) is 9.59 Å². The molecule has 0 spiro atoms. The number of hydrogen-bond donors (Lipinski definition) is 0. The van der Waals surface area contributed by atoms with Crippen molar-refractivity contribution in [1.82, 2.24) is 14.8 Å². The molecule has 1 aliphatic rings. The predicted octanol–water partition coefficient (Wildman–Crippen LogP) is 3.78. The zero-order chi connectivity index (χ0) is 22.5. The van der Waals surface area contributed by atoms with Gasteiger partial charge in [0.1, 0.15) is 10.8 Å². The fraction of sp³-hybridized carbons (Fsp3) is 0.375. The Morgan fingerprint density at radius 1 is 1.09 bits per heavy atom. The van der Waals surface area contributed by atoms with E-state index in [0.29, 0.717) is 19.5 Å². The predicted molar refractivity (Wildman–Crippen MR) is 123 cm³/mol. The van der Waals surface area contributed by atoms with E-state index in [1.54, 1.807) is 23.5 Å². The number of ether oxygens (including phenoxy) is 1. The van der Waals surface area contributed by atoms with Crippen molar-refractivity contribution in [3.8, 4) is 10.6 Å². The third-order valence-corrected chi connectivity index (χ3v) is 6.66. The zero-order valence-corrected chi connectivity index (χ0v) is 19.2. The third-order valence-electron chi connectivity index (χ3n) is 5.60. The molecule has 2 aromatic heterocycles. The topological polar surface area (TPSA) is 75.9 Å². The molecule has 8 heteroatoms. The largest absolute Gasteiger partial charge is 0.463 e. The van der Waals surface area contributed by atoms with E-state index < -0.39 is 5.97 Å². The number of aromatic nitrogens is 1. The summed E-state index contributed by atoms with van der Waals surface area (Å²) in [6.45, 7) is 5.65. The standard InChI is InChI=1S/C24H27N3O4S/c1-17-20(25-23(32-17)18-7-4-3-5-8-18)15-22(28)27-12-6-11-26(13-14-27)16-19-9-10-21(31-19)24(29)30-2/h3-5,7-10H,6,11-16H2,1-2H3. The van der Waals surface area contributed by atoms with Crippen molar-refractivity contribution in [2.45, 2.75) is 26.3 Å². The molecule has 0 aliphatic carbocycles. The van der Waals surface area contributed by atoms with Crippen molar-refractivity contribution < 1.29 is 18.7 Å². The fourth-order valence-corrected chi connectivity index (χ4v) is 4.76. The summed E-state index contributed by atoms with van der Waals surface area (Å²) < 4.78 is 10.3. The minimum absolute atomic E-state index is 0.117. The Balaban J connectivity index is 1.33. The molecule has 0 radical (unpaired) electrons. The van der Waals surface area contributed by atoms with Gasteiger partial charge in [0.15, 0.2) is 0 Å². The van der Waals surface area contributed by atoms with Crippen LogP contribution in [0.5, 0.6) is 0 Å². The van der Waals surface area contributed by atoms with Gasteiger partial charge in [0.2, 0.25) is 11.7 Å². The van der Waals surface area contributed by atoms with Crippen LogP contribution in [-0.2, 0) is 22.5 Å². The van der Waals surface area contributed by atoms with Crippen molar-refractivity contribution >= 4 is 23.2 Å². The molecule has 4 rings (SSSR count). The minimum atomic E-state index is -0.475. The van der Waals surface area contributed by atoms with Crippen molar-refractivity contribution in [3.05, 3.63) is 64.6 Å². The normalized spacial score (nSPS) is 14.9. The summed E-state index contributed by atoms with van der Waals surface area (Å²) in [6.07, 6.45) is 1.22. The van der Waals surface area contributed by atoms with Crippen molar-refractivity contribution in [3.63, 3.8) is 0 Å². The van der Waals surface area contributed by atoms with E-state index in [-0.39, 0.29) is 11.7 Å². The maximum atomic E-state index is 13.0. The second-order valence-electron chi connectivity index (χ2n) is 7.83. The van der Waals surface area contributed by atoms with Gasteiger partial charge in [-0.3, -0.25) is 9.69 Å². The van der Waals surface area contributed by atoms with Crippen LogP contribution in [0.1, 0.15) is 33.3 Å². The van der Waals surface area contributed by atoms with Crippen LogP contribution in [0.2, 0.25) is 0 Å². The quantitative estimate of drug-likeness (QED) is 0.529. The second kappa shape index (κ2) is 10.1. The SMILES string of the molecule is COC(=O)c1ccc(CN2CCCN(C(=O)Cc3nc(-c4ccccc4)sc3C)CC2)o1. The van der Waals surface area contributed by atoms with Gasteiger partial charge >= 0.3 is 5.97 Å². The number of thiazole rings is 1. The van der Waals surface area contributed by atoms with E-state index in [1.165, 1.54) is 7.11 Å². The van der Waals surface area contributed by atoms with Crippen molar-refractivity contribution in [1.29, 1.82) is 0 Å². The van der Waals surface area contributed by atoms with Gasteiger partial charge in [-0.05, 0) is 25.5 Å².